The molecule has 3 heterocycles. The van der Waals surface area contributed by atoms with Crippen LogP contribution in [0.4, 0.5) is 4.79 Å². The van der Waals surface area contributed by atoms with Crippen LogP contribution in [0.5, 0.6) is 0 Å². The topological polar surface area (TPSA) is 60.9 Å². The molecule has 4 amide bonds. The van der Waals surface area contributed by atoms with Crippen molar-refractivity contribution in [2.24, 2.45) is 0 Å². The lowest BCUT2D eigenvalue weighted by atomic mass is 10.1. The zero-order valence-corrected chi connectivity index (χ0v) is 11.3. The van der Waals surface area contributed by atoms with Gasteiger partial charge in [0.05, 0.1) is 0 Å². The fourth-order valence-corrected chi connectivity index (χ4v) is 3.37. The molecular formula is C13H19N3O3. The molecule has 3 saturated heterocycles. The van der Waals surface area contributed by atoms with Crippen LogP contribution in [0.2, 0.25) is 0 Å². The Labute approximate surface area is 112 Å². The number of amides is 4. The number of fused-ring (bicyclic) bond motifs is 1. The Kier molecular flexibility index (Phi) is 2.76. The summed E-state index contributed by atoms with van der Waals surface area (Å²) in [5, 5.41) is 0. The largest absolute Gasteiger partial charge is 0.338 e. The first kappa shape index (κ1) is 12.4. The highest BCUT2D eigenvalue weighted by Gasteiger charge is 2.53. The predicted molar refractivity (Wildman–Crippen MR) is 67.2 cm³/mol. The second-order valence-electron chi connectivity index (χ2n) is 5.77. The summed E-state index contributed by atoms with van der Waals surface area (Å²) in [6.45, 7) is 5.17. The fourth-order valence-electron chi connectivity index (χ4n) is 3.37. The first-order chi connectivity index (χ1) is 9.02. The van der Waals surface area contributed by atoms with Gasteiger partial charge in [0.2, 0.25) is 5.91 Å². The molecule has 0 aromatic rings. The summed E-state index contributed by atoms with van der Waals surface area (Å²) in [5.74, 6) is -0.260. The standard InChI is InChI=1S/C13H19N3O3/c1-8(2)14-7-5-10(11(14)17)16-12(18)9-4-3-6-15(9)13(16)19/h8-10H,3-7H2,1-2H3/t9-,10?/m1/s1. The summed E-state index contributed by atoms with van der Waals surface area (Å²) < 4.78 is 0. The van der Waals surface area contributed by atoms with Crippen molar-refractivity contribution in [3.05, 3.63) is 0 Å². The molecule has 0 N–H and O–H groups in total. The number of carbonyl (C=O) groups excluding carboxylic acids is 3. The third-order valence-electron chi connectivity index (χ3n) is 4.37. The maximum absolute atomic E-state index is 12.3. The van der Waals surface area contributed by atoms with Gasteiger partial charge in [-0.3, -0.25) is 9.59 Å². The van der Waals surface area contributed by atoms with Crippen molar-refractivity contribution >= 4 is 17.8 Å². The number of urea groups is 1. The van der Waals surface area contributed by atoms with E-state index in [0.717, 1.165) is 12.8 Å². The molecule has 3 aliphatic heterocycles. The maximum atomic E-state index is 12.3. The molecule has 0 radical (unpaired) electrons. The average Bonchev–Trinajstić information content (AvgIpc) is 3.00. The monoisotopic (exact) mass is 265 g/mol. The van der Waals surface area contributed by atoms with Crippen LogP contribution >= 0.6 is 0 Å². The normalized spacial score (nSPS) is 31.1. The summed E-state index contributed by atoms with van der Waals surface area (Å²) in [6.07, 6.45) is 2.18. The van der Waals surface area contributed by atoms with Gasteiger partial charge in [0.1, 0.15) is 12.1 Å². The number of imide groups is 1. The van der Waals surface area contributed by atoms with E-state index in [0.29, 0.717) is 19.5 Å². The van der Waals surface area contributed by atoms with Crippen LogP contribution in [0.1, 0.15) is 33.1 Å². The van der Waals surface area contributed by atoms with E-state index in [1.54, 1.807) is 9.80 Å². The highest BCUT2D eigenvalue weighted by Crippen LogP contribution is 2.31. The molecule has 3 rings (SSSR count). The van der Waals surface area contributed by atoms with Gasteiger partial charge in [-0.05, 0) is 33.1 Å². The van der Waals surface area contributed by atoms with E-state index in [1.807, 2.05) is 13.8 Å². The van der Waals surface area contributed by atoms with E-state index < -0.39 is 6.04 Å². The van der Waals surface area contributed by atoms with Gasteiger partial charge in [0, 0.05) is 19.1 Å². The summed E-state index contributed by atoms with van der Waals surface area (Å²) >= 11 is 0. The van der Waals surface area contributed by atoms with Gasteiger partial charge in [-0.25, -0.2) is 9.69 Å². The van der Waals surface area contributed by atoms with Crippen molar-refractivity contribution in [3.63, 3.8) is 0 Å². The van der Waals surface area contributed by atoms with Gasteiger partial charge in [0.15, 0.2) is 0 Å². The van der Waals surface area contributed by atoms with Crippen LogP contribution in [0.25, 0.3) is 0 Å². The highest BCUT2D eigenvalue weighted by atomic mass is 16.2. The van der Waals surface area contributed by atoms with Crippen LogP contribution in [0, 0.1) is 0 Å². The van der Waals surface area contributed by atoms with Crippen molar-refractivity contribution in [1.82, 2.24) is 14.7 Å². The molecule has 6 nitrogen and oxygen atoms in total. The first-order valence-corrected chi connectivity index (χ1v) is 6.96. The summed E-state index contributed by atoms with van der Waals surface area (Å²) in [4.78, 5) is 41.5. The second kappa shape index (κ2) is 4.21. The molecule has 19 heavy (non-hydrogen) atoms. The lowest BCUT2D eigenvalue weighted by molar-refractivity contribution is -0.139. The lowest BCUT2D eigenvalue weighted by Gasteiger charge is -2.24. The van der Waals surface area contributed by atoms with Crippen molar-refractivity contribution in [2.45, 2.75) is 51.2 Å². The zero-order valence-electron chi connectivity index (χ0n) is 11.3. The molecule has 1 unspecified atom stereocenters. The molecule has 6 heteroatoms. The van der Waals surface area contributed by atoms with Crippen molar-refractivity contribution in [3.8, 4) is 0 Å². The minimum absolute atomic E-state index is 0.0853. The molecular weight excluding hydrogens is 246 g/mol. The van der Waals surface area contributed by atoms with Crippen LogP contribution in [0.3, 0.4) is 0 Å². The molecule has 3 fully saturated rings. The third kappa shape index (κ3) is 1.65. The van der Waals surface area contributed by atoms with Crippen LogP contribution in [-0.4, -0.2) is 63.8 Å². The molecule has 0 bridgehead atoms. The highest BCUT2D eigenvalue weighted by molar-refractivity contribution is 6.08. The van der Waals surface area contributed by atoms with E-state index in [9.17, 15) is 14.4 Å². The van der Waals surface area contributed by atoms with E-state index in [4.69, 9.17) is 0 Å². The van der Waals surface area contributed by atoms with Crippen LogP contribution < -0.4 is 0 Å². The fraction of sp³-hybridized carbons (Fsp3) is 0.769. The molecule has 0 aromatic carbocycles. The molecule has 3 aliphatic rings. The van der Waals surface area contributed by atoms with Crippen LogP contribution in [-0.2, 0) is 9.59 Å². The number of likely N-dealkylation sites (tertiary alicyclic amines) is 1. The van der Waals surface area contributed by atoms with Crippen molar-refractivity contribution < 1.29 is 14.4 Å². The Morgan fingerprint density at radius 2 is 1.74 bits per heavy atom. The van der Waals surface area contributed by atoms with E-state index in [1.165, 1.54) is 4.90 Å². The molecule has 0 aliphatic carbocycles. The van der Waals surface area contributed by atoms with E-state index in [-0.39, 0.29) is 29.9 Å². The maximum Gasteiger partial charge on any atom is 0.328 e. The molecule has 104 valence electrons. The SMILES string of the molecule is CC(C)N1CCC(N2C(=O)[C@H]3CCCN3C2=O)C1=O. The quantitative estimate of drug-likeness (QED) is 0.680. The van der Waals surface area contributed by atoms with Crippen molar-refractivity contribution in [2.75, 3.05) is 13.1 Å². The van der Waals surface area contributed by atoms with Crippen molar-refractivity contribution in [1.29, 1.82) is 0 Å². The summed E-state index contributed by atoms with van der Waals surface area (Å²) in [5.41, 5.74) is 0. The Hall–Kier alpha value is -1.59. The molecule has 0 aromatic heterocycles. The number of carbonyl (C=O) groups is 3. The lowest BCUT2D eigenvalue weighted by Crippen LogP contribution is -2.47. The van der Waals surface area contributed by atoms with Gasteiger partial charge in [0.25, 0.3) is 5.91 Å². The number of rotatable bonds is 2. The number of nitrogens with zero attached hydrogens (tertiary/aromatic N) is 3. The van der Waals surface area contributed by atoms with Gasteiger partial charge < -0.3 is 9.80 Å². The minimum atomic E-state index is -0.576. The van der Waals surface area contributed by atoms with E-state index in [2.05, 4.69) is 0 Å². The minimum Gasteiger partial charge on any atom is -0.338 e. The number of hydrogen-bond donors (Lipinski definition) is 0. The third-order valence-corrected chi connectivity index (χ3v) is 4.37. The van der Waals surface area contributed by atoms with Crippen LogP contribution in [0.15, 0.2) is 0 Å². The van der Waals surface area contributed by atoms with E-state index >= 15 is 0 Å². The Balaban J connectivity index is 1.82. The Bertz CT molecular complexity index is 426. The van der Waals surface area contributed by atoms with Gasteiger partial charge >= 0.3 is 6.03 Å². The Morgan fingerprint density at radius 3 is 2.32 bits per heavy atom. The first-order valence-electron chi connectivity index (χ1n) is 6.96. The molecule has 0 saturated carbocycles. The summed E-state index contributed by atoms with van der Waals surface area (Å²) in [6, 6.07) is -1.04. The zero-order chi connectivity index (χ0) is 13.7. The predicted octanol–water partition coefficient (Wildman–Crippen LogP) is 0.422. The summed E-state index contributed by atoms with van der Waals surface area (Å²) in [7, 11) is 0. The average molecular weight is 265 g/mol. The molecule has 2 atom stereocenters. The van der Waals surface area contributed by atoms with Gasteiger partial charge in [-0.1, -0.05) is 0 Å². The smallest absolute Gasteiger partial charge is 0.328 e. The van der Waals surface area contributed by atoms with Gasteiger partial charge in [-0.15, -0.1) is 0 Å². The molecule has 0 spiro atoms. The Morgan fingerprint density at radius 1 is 1.00 bits per heavy atom. The number of hydrogen-bond acceptors (Lipinski definition) is 3. The second-order valence-corrected chi connectivity index (χ2v) is 5.77. The van der Waals surface area contributed by atoms with Gasteiger partial charge in [-0.2, -0.15) is 0 Å².